The molecule has 5 nitrogen and oxygen atoms in total. The monoisotopic (exact) mass is 306 g/mol. The molecule has 0 aliphatic rings. The Morgan fingerprint density at radius 3 is 2.58 bits per heavy atom. The lowest BCUT2D eigenvalue weighted by Crippen LogP contribution is -2.27. The first-order chi connectivity index (χ1) is 8.77. The largest absolute Gasteiger partial charge is 0.351 e. The summed E-state index contributed by atoms with van der Waals surface area (Å²) in [5.41, 5.74) is 0.310. The molecule has 0 saturated heterocycles. The van der Waals surface area contributed by atoms with Crippen molar-refractivity contribution in [3.8, 4) is 0 Å². The van der Waals surface area contributed by atoms with Crippen molar-refractivity contribution in [3.05, 3.63) is 18.0 Å². The van der Waals surface area contributed by atoms with Crippen LogP contribution in [0.25, 0.3) is 0 Å². The Balaban J connectivity index is 3.05. The Hall–Kier alpha value is -1.01. The van der Waals surface area contributed by atoms with Crippen LogP contribution in [0.3, 0.4) is 0 Å². The van der Waals surface area contributed by atoms with E-state index in [1.807, 2.05) is 20.8 Å². The van der Waals surface area contributed by atoms with E-state index in [0.29, 0.717) is 12.2 Å². The van der Waals surface area contributed by atoms with Crippen LogP contribution in [-0.4, -0.2) is 25.4 Å². The van der Waals surface area contributed by atoms with Gasteiger partial charge in [0.1, 0.15) is 10.6 Å². The topological polar surface area (TPSA) is 68.2 Å². The molecule has 7 heteroatoms. The number of nitrogens with one attached hydrogen (secondary N) is 1. The van der Waals surface area contributed by atoms with Crippen LogP contribution in [0.2, 0.25) is 0 Å². The van der Waals surface area contributed by atoms with Gasteiger partial charge in [0.2, 0.25) is 0 Å². The van der Waals surface area contributed by atoms with Gasteiger partial charge in [0, 0.05) is 29.5 Å². The van der Waals surface area contributed by atoms with Gasteiger partial charge in [-0.2, -0.15) is 0 Å². The van der Waals surface area contributed by atoms with E-state index >= 15 is 0 Å². The van der Waals surface area contributed by atoms with Gasteiger partial charge in [-0.05, 0) is 26.3 Å². The molecule has 1 aromatic heterocycles. The molecule has 19 heavy (non-hydrogen) atoms. The fraction of sp³-hybridized carbons (Fsp3) is 0.583. The van der Waals surface area contributed by atoms with Crippen LogP contribution in [0.15, 0.2) is 17.2 Å². The summed E-state index contributed by atoms with van der Waals surface area (Å²) in [5.74, 6) is -0.284. The zero-order valence-electron chi connectivity index (χ0n) is 11.3. The summed E-state index contributed by atoms with van der Waals surface area (Å²) in [4.78, 5) is 12.0. The first-order valence-electron chi connectivity index (χ1n) is 6.22. The molecule has 0 spiro atoms. The third-order valence-electron chi connectivity index (χ3n) is 2.71. The lowest BCUT2D eigenvalue weighted by Gasteiger charge is -2.12. The van der Waals surface area contributed by atoms with Crippen molar-refractivity contribution in [2.24, 2.45) is 0 Å². The van der Waals surface area contributed by atoms with Crippen LogP contribution in [-0.2, 0) is 9.05 Å². The lowest BCUT2D eigenvalue weighted by molar-refractivity contribution is 0.0942. The number of unbranched alkanes of at least 4 members (excludes halogenated alkanes) is 1. The molecule has 1 amide bonds. The molecule has 0 bridgehead atoms. The fourth-order valence-electron chi connectivity index (χ4n) is 1.67. The van der Waals surface area contributed by atoms with E-state index in [1.54, 1.807) is 4.57 Å². The molecule has 1 rings (SSSR count). The molecule has 1 N–H and O–H groups in total. The summed E-state index contributed by atoms with van der Waals surface area (Å²) in [7, 11) is 1.48. The Labute approximate surface area is 118 Å². The Kier molecular flexibility index (Phi) is 5.43. The zero-order chi connectivity index (χ0) is 14.6. The number of aromatic nitrogens is 1. The molecule has 0 atom stereocenters. The average molecular weight is 307 g/mol. The highest BCUT2D eigenvalue weighted by Gasteiger charge is 2.20. The SMILES string of the molecule is CCCCNC(=O)c1cc(S(=O)(=O)Cl)cn1C(C)C. The quantitative estimate of drug-likeness (QED) is 0.648. The molecular formula is C12H19ClN2O3S. The van der Waals surface area contributed by atoms with Gasteiger partial charge in [0.05, 0.1) is 0 Å². The van der Waals surface area contributed by atoms with Crippen molar-refractivity contribution in [2.45, 2.75) is 44.6 Å². The number of halogens is 1. The first kappa shape index (κ1) is 16.0. The third kappa shape index (κ3) is 4.24. The second-order valence-electron chi connectivity index (χ2n) is 4.61. The molecule has 0 fully saturated rings. The minimum absolute atomic E-state index is 0.0286. The Bertz CT molecular complexity index is 549. The predicted molar refractivity (Wildman–Crippen MR) is 75.1 cm³/mol. The standard InChI is InChI=1S/C12H19ClN2O3S/c1-4-5-6-14-12(16)11-7-10(19(13,17)18)8-15(11)9(2)3/h7-9H,4-6H2,1-3H3,(H,14,16). The lowest BCUT2D eigenvalue weighted by atomic mass is 10.3. The van der Waals surface area contributed by atoms with Gasteiger partial charge < -0.3 is 9.88 Å². The van der Waals surface area contributed by atoms with Gasteiger partial charge >= 0.3 is 0 Å². The molecule has 1 aromatic rings. The van der Waals surface area contributed by atoms with Crippen molar-refractivity contribution in [2.75, 3.05) is 6.54 Å². The fourth-order valence-corrected chi connectivity index (χ4v) is 2.41. The summed E-state index contributed by atoms with van der Waals surface area (Å²) in [6.07, 6.45) is 3.25. The van der Waals surface area contributed by atoms with E-state index < -0.39 is 9.05 Å². The van der Waals surface area contributed by atoms with Gasteiger partial charge in [-0.25, -0.2) is 8.42 Å². The zero-order valence-corrected chi connectivity index (χ0v) is 12.9. The number of rotatable bonds is 6. The van der Waals surface area contributed by atoms with E-state index in [9.17, 15) is 13.2 Å². The predicted octanol–water partition coefficient (Wildman–Crippen LogP) is 2.53. The Morgan fingerprint density at radius 2 is 2.11 bits per heavy atom. The van der Waals surface area contributed by atoms with Gasteiger partial charge in [0.15, 0.2) is 0 Å². The summed E-state index contributed by atoms with van der Waals surface area (Å²) < 4.78 is 24.3. The average Bonchev–Trinajstić information content (AvgIpc) is 2.73. The maximum absolute atomic E-state index is 12.0. The second kappa shape index (κ2) is 6.43. The summed E-state index contributed by atoms with van der Waals surface area (Å²) in [6.45, 7) is 6.34. The second-order valence-corrected chi connectivity index (χ2v) is 7.18. The molecule has 0 saturated carbocycles. The third-order valence-corrected chi connectivity index (χ3v) is 4.03. The highest BCUT2D eigenvalue weighted by atomic mass is 35.7. The minimum Gasteiger partial charge on any atom is -0.351 e. The van der Waals surface area contributed by atoms with Crippen LogP contribution in [0.5, 0.6) is 0 Å². The molecule has 0 aromatic carbocycles. The molecule has 0 radical (unpaired) electrons. The number of hydrogen-bond acceptors (Lipinski definition) is 3. The molecule has 0 aliphatic carbocycles. The highest BCUT2D eigenvalue weighted by molar-refractivity contribution is 8.13. The molecule has 1 heterocycles. The molecule has 0 aliphatic heterocycles. The summed E-state index contributed by atoms with van der Waals surface area (Å²) in [6, 6.07) is 1.28. The molecule has 108 valence electrons. The van der Waals surface area contributed by atoms with Crippen LogP contribution >= 0.6 is 10.7 Å². The number of carbonyl (C=O) groups excluding carboxylic acids is 1. The van der Waals surface area contributed by atoms with E-state index in [2.05, 4.69) is 5.32 Å². The van der Waals surface area contributed by atoms with E-state index in [1.165, 1.54) is 12.3 Å². The van der Waals surface area contributed by atoms with Crippen LogP contribution in [0.1, 0.15) is 50.1 Å². The van der Waals surface area contributed by atoms with E-state index in [0.717, 1.165) is 12.8 Å². The van der Waals surface area contributed by atoms with Gasteiger partial charge in [0.25, 0.3) is 15.0 Å². The van der Waals surface area contributed by atoms with Crippen LogP contribution in [0.4, 0.5) is 0 Å². The van der Waals surface area contributed by atoms with Crippen molar-refractivity contribution in [1.82, 2.24) is 9.88 Å². The Morgan fingerprint density at radius 1 is 1.47 bits per heavy atom. The molecule has 0 unspecified atom stereocenters. The smallest absolute Gasteiger partial charge is 0.267 e. The number of hydrogen-bond donors (Lipinski definition) is 1. The van der Waals surface area contributed by atoms with Crippen molar-refractivity contribution in [3.63, 3.8) is 0 Å². The maximum Gasteiger partial charge on any atom is 0.267 e. The van der Waals surface area contributed by atoms with Crippen molar-refractivity contribution in [1.29, 1.82) is 0 Å². The number of carbonyl (C=O) groups is 1. The highest BCUT2D eigenvalue weighted by Crippen LogP contribution is 2.21. The van der Waals surface area contributed by atoms with Crippen LogP contribution < -0.4 is 5.32 Å². The van der Waals surface area contributed by atoms with Gasteiger partial charge in [-0.3, -0.25) is 4.79 Å². The number of amides is 1. The maximum atomic E-state index is 12.0. The van der Waals surface area contributed by atoms with Gasteiger partial charge in [-0.1, -0.05) is 13.3 Å². The summed E-state index contributed by atoms with van der Waals surface area (Å²) in [5, 5.41) is 2.76. The van der Waals surface area contributed by atoms with Crippen molar-refractivity contribution >= 4 is 25.6 Å². The summed E-state index contributed by atoms with van der Waals surface area (Å²) >= 11 is 0. The first-order valence-corrected chi connectivity index (χ1v) is 8.53. The number of nitrogens with zero attached hydrogens (tertiary/aromatic N) is 1. The van der Waals surface area contributed by atoms with Crippen LogP contribution in [0, 0.1) is 0 Å². The van der Waals surface area contributed by atoms with E-state index in [-0.39, 0.29) is 16.8 Å². The normalized spacial score (nSPS) is 11.8. The van der Waals surface area contributed by atoms with E-state index in [4.69, 9.17) is 10.7 Å². The van der Waals surface area contributed by atoms with Gasteiger partial charge in [-0.15, -0.1) is 0 Å². The minimum atomic E-state index is -3.83. The molecular weight excluding hydrogens is 288 g/mol. The van der Waals surface area contributed by atoms with Crippen molar-refractivity contribution < 1.29 is 13.2 Å².